The Morgan fingerprint density at radius 3 is 2.42 bits per heavy atom. The van der Waals surface area contributed by atoms with Crippen LogP contribution in [-0.2, 0) is 25.7 Å². The molecule has 0 bridgehead atoms. The maximum absolute atomic E-state index is 13.2. The summed E-state index contributed by atoms with van der Waals surface area (Å²) >= 11 is 0. The molecule has 45 heavy (non-hydrogen) atoms. The topological polar surface area (TPSA) is 167 Å². The molecule has 2 aromatic carbocycles. The summed E-state index contributed by atoms with van der Waals surface area (Å²) in [6.07, 6.45) is -4.05. The number of pyridine rings is 1. The van der Waals surface area contributed by atoms with Gasteiger partial charge in [-0.3, -0.25) is 19.8 Å². The number of amides is 3. The summed E-state index contributed by atoms with van der Waals surface area (Å²) in [6, 6.07) is 15.8. The first-order chi connectivity index (χ1) is 21.3. The third-order valence-corrected chi connectivity index (χ3v) is 6.76. The fraction of sp³-hybridized carbons (Fsp3) is 0.367. The van der Waals surface area contributed by atoms with Gasteiger partial charge in [0.1, 0.15) is 18.4 Å². The Bertz CT molecular complexity index is 1500. The van der Waals surface area contributed by atoms with E-state index in [-0.39, 0.29) is 12.5 Å². The monoisotopic (exact) mass is 634 g/mol. The Hall–Kier alpha value is -4.92. The molecular formula is C30H33F3N4O8. The van der Waals surface area contributed by atoms with Crippen LogP contribution in [0.5, 0.6) is 5.75 Å². The fourth-order valence-electron chi connectivity index (χ4n) is 4.56. The second-order valence-corrected chi connectivity index (χ2v) is 10.00. The number of nitrogens with zero attached hydrogens (tertiary/aromatic N) is 2. The van der Waals surface area contributed by atoms with E-state index in [0.29, 0.717) is 37.4 Å². The number of hydrogen-bond acceptors (Lipinski definition) is 8. The Balaban J connectivity index is 0.000000707. The van der Waals surface area contributed by atoms with E-state index in [1.165, 1.54) is 5.48 Å². The first-order valence-corrected chi connectivity index (χ1v) is 13.9. The average molecular weight is 635 g/mol. The maximum atomic E-state index is 13.2. The van der Waals surface area contributed by atoms with Crippen LogP contribution < -0.4 is 20.4 Å². The minimum Gasteiger partial charge on any atom is -0.489 e. The van der Waals surface area contributed by atoms with Gasteiger partial charge in [-0.2, -0.15) is 13.2 Å². The smallest absolute Gasteiger partial charge is 0.489 e. The number of aryl methyl sites for hydroxylation is 1. The highest BCUT2D eigenvalue weighted by Crippen LogP contribution is 2.29. The summed E-state index contributed by atoms with van der Waals surface area (Å²) in [5, 5.41) is 19.7. The van der Waals surface area contributed by atoms with Crippen molar-refractivity contribution in [2.45, 2.75) is 51.9 Å². The van der Waals surface area contributed by atoms with Gasteiger partial charge < -0.3 is 24.8 Å². The van der Waals surface area contributed by atoms with Gasteiger partial charge in [0.15, 0.2) is 0 Å². The van der Waals surface area contributed by atoms with Crippen molar-refractivity contribution >= 4 is 40.5 Å². The van der Waals surface area contributed by atoms with E-state index in [0.717, 1.165) is 28.6 Å². The SMILES string of the molecule is CCCCOC(=O)N[C@H](C(=O)NO)[C@H]1CCN(c2ccc(OCc3cc(C)nc4ccccc34)cc2)C1=O.O=C(O)C(F)(F)F. The number of carbonyl (C=O) groups is 4. The van der Waals surface area contributed by atoms with Gasteiger partial charge in [-0.15, -0.1) is 0 Å². The van der Waals surface area contributed by atoms with E-state index in [1.807, 2.05) is 44.2 Å². The van der Waals surface area contributed by atoms with Crippen LogP contribution in [0.4, 0.5) is 23.7 Å². The fourth-order valence-corrected chi connectivity index (χ4v) is 4.56. The number of anilines is 1. The summed E-state index contributed by atoms with van der Waals surface area (Å²) in [5.41, 5.74) is 5.04. The number of alkyl halides is 3. The van der Waals surface area contributed by atoms with E-state index in [9.17, 15) is 27.6 Å². The van der Waals surface area contributed by atoms with Crippen molar-refractivity contribution in [1.29, 1.82) is 0 Å². The number of hydrogen-bond donors (Lipinski definition) is 4. The van der Waals surface area contributed by atoms with Crippen molar-refractivity contribution in [2.24, 2.45) is 5.92 Å². The lowest BCUT2D eigenvalue weighted by Gasteiger charge is -2.22. The highest BCUT2D eigenvalue weighted by Gasteiger charge is 2.42. The van der Waals surface area contributed by atoms with Crippen molar-refractivity contribution in [3.05, 3.63) is 65.9 Å². The summed E-state index contributed by atoms with van der Waals surface area (Å²) < 4.78 is 42.8. The van der Waals surface area contributed by atoms with Gasteiger partial charge >= 0.3 is 18.2 Å². The lowest BCUT2D eigenvalue weighted by molar-refractivity contribution is -0.192. The zero-order valence-electron chi connectivity index (χ0n) is 24.5. The molecule has 0 aliphatic carbocycles. The molecule has 1 aliphatic rings. The van der Waals surface area contributed by atoms with E-state index in [1.54, 1.807) is 29.2 Å². The van der Waals surface area contributed by atoms with Crippen LogP contribution in [0.1, 0.15) is 37.4 Å². The molecule has 242 valence electrons. The molecule has 1 aliphatic heterocycles. The van der Waals surface area contributed by atoms with Crippen LogP contribution in [0.3, 0.4) is 0 Å². The van der Waals surface area contributed by atoms with Crippen LogP contribution in [0.2, 0.25) is 0 Å². The molecule has 0 saturated carbocycles. The Labute approximate surface area is 256 Å². The van der Waals surface area contributed by atoms with E-state index in [4.69, 9.17) is 24.6 Å². The van der Waals surface area contributed by atoms with Crippen LogP contribution in [-0.4, -0.2) is 64.5 Å². The number of nitrogens with one attached hydrogen (secondary N) is 2. The molecule has 2 atom stereocenters. The average Bonchev–Trinajstić information content (AvgIpc) is 3.39. The van der Waals surface area contributed by atoms with Crippen molar-refractivity contribution in [3.63, 3.8) is 0 Å². The first-order valence-electron chi connectivity index (χ1n) is 13.9. The molecule has 0 radical (unpaired) electrons. The lowest BCUT2D eigenvalue weighted by atomic mass is 9.97. The highest BCUT2D eigenvalue weighted by atomic mass is 19.4. The summed E-state index contributed by atoms with van der Waals surface area (Å²) in [5.74, 6) is -4.17. The first kappa shape index (κ1) is 34.6. The number of aliphatic carboxylic acids is 1. The Morgan fingerprint density at radius 2 is 1.80 bits per heavy atom. The molecule has 4 rings (SSSR count). The maximum Gasteiger partial charge on any atom is 0.490 e. The largest absolute Gasteiger partial charge is 0.490 e. The molecule has 2 heterocycles. The third kappa shape index (κ3) is 9.53. The number of halogens is 3. The lowest BCUT2D eigenvalue weighted by Crippen LogP contribution is -2.52. The number of hydroxylamine groups is 1. The van der Waals surface area contributed by atoms with Crippen molar-refractivity contribution in [1.82, 2.24) is 15.8 Å². The molecule has 1 aromatic heterocycles. The zero-order valence-corrected chi connectivity index (χ0v) is 24.5. The van der Waals surface area contributed by atoms with Crippen molar-refractivity contribution < 1.29 is 52.1 Å². The third-order valence-electron chi connectivity index (χ3n) is 6.76. The number of carboxylic acid groups (broad SMARTS) is 1. The van der Waals surface area contributed by atoms with Crippen LogP contribution in [0, 0.1) is 12.8 Å². The van der Waals surface area contributed by atoms with Crippen LogP contribution >= 0.6 is 0 Å². The summed E-state index contributed by atoms with van der Waals surface area (Å²) in [6.45, 7) is 4.83. The molecule has 1 saturated heterocycles. The number of fused-ring (bicyclic) bond motifs is 1. The number of unbranched alkanes of at least 4 members (excludes halogenated alkanes) is 1. The molecule has 12 nitrogen and oxygen atoms in total. The minimum atomic E-state index is -5.08. The number of ether oxygens (including phenoxy) is 2. The molecule has 3 aromatic rings. The predicted octanol–water partition coefficient (Wildman–Crippen LogP) is 4.51. The van der Waals surface area contributed by atoms with Gasteiger partial charge in [-0.25, -0.2) is 15.1 Å². The van der Waals surface area contributed by atoms with Crippen LogP contribution in [0.25, 0.3) is 10.9 Å². The highest BCUT2D eigenvalue weighted by molar-refractivity contribution is 6.01. The summed E-state index contributed by atoms with van der Waals surface area (Å²) in [7, 11) is 0. The number of carbonyl (C=O) groups excluding carboxylic acids is 3. The Morgan fingerprint density at radius 1 is 1.13 bits per heavy atom. The summed E-state index contributed by atoms with van der Waals surface area (Å²) in [4.78, 5) is 52.6. The zero-order chi connectivity index (χ0) is 33.1. The second-order valence-electron chi connectivity index (χ2n) is 10.00. The van der Waals surface area contributed by atoms with E-state index >= 15 is 0 Å². The molecule has 1 fully saturated rings. The minimum absolute atomic E-state index is 0.200. The molecule has 3 amide bonds. The number of aromatic nitrogens is 1. The number of rotatable bonds is 10. The number of benzene rings is 2. The van der Waals surface area contributed by atoms with Crippen molar-refractivity contribution in [2.75, 3.05) is 18.1 Å². The quantitative estimate of drug-likeness (QED) is 0.143. The molecule has 0 unspecified atom stereocenters. The molecule has 15 heteroatoms. The standard InChI is InChI=1S/C28H32N4O6.C2HF3O2/c1-3-4-15-37-28(35)30-25(26(33)31-36)23-13-14-32(27(23)34)20-9-11-21(12-10-20)38-17-19-16-18(2)29-24-8-6-5-7-22(19)24;3-2(4,5)1(6)7/h5-12,16,23,25,36H,3-4,13-15,17H2,1-2H3,(H,30,35)(H,31,33);(H,6,7)/t23-,25+;/m1./s1. The molecular weight excluding hydrogens is 601 g/mol. The second kappa shape index (κ2) is 15.7. The number of carboxylic acids is 1. The van der Waals surface area contributed by atoms with Gasteiger partial charge in [0.25, 0.3) is 5.91 Å². The normalized spacial score (nSPS) is 15.1. The number of alkyl carbamates (subject to hydrolysis) is 1. The molecule has 4 N–H and O–H groups in total. The number of para-hydroxylation sites is 1. The van der Waals surface area contributed by atoms with Crippen molar-refractivity contribution in [3.8, 4) is 5.75 Å². The van der Waals surface area contributed by atoms with Crippen LogP contribution in [0.15, 0.2) is 54.6 Å². The predicted molar refractivity (Wildman–Crippen MR) is 155 cm³/mol. The van der Waals surface area contributed by atoms with Gasteiger partial charge in [-0.1, -0.05) is 31.5 Å². The van der Waals surface area contributed by atoms with Gasteiger partial charge in [0.05, 0.1) is 18.0 Å². The molecule has 0 spiro atoms. The van der Waals surface area contributed by atoms with Gasteiger partial charge in [0.2, 0.25) is 5.91 Å². The van der Waals surface area contributed by atoms with E-state index < -0.39 is 36.1 Å². The van der Waals surface area contributed by atoms with Gasteiger partial charge in [0, 0.05) is 28.9 Å². The Kier molecular flexibility index (Phi) is 12.1. The van der Waals surface area contributed by atoms with E-state index in [2.05, 4.69) is 10.3 Å². The van der Waals surface area contributed by atoms with Gasteiger partial charge in [-0.05, 0) is 56.2 Å².